The highest BCUT2D eigenvalue weighted by molar-refractivity contribution is 5.76. The first-order valence-electron chi connectivity index (χ1n) is 8.55. The predicted molar refractivity (Wildman–Crippen MR) is 98.0 cm³/mol. The molecule has 0 radical (unpaired) electrons. The molecule has 3 rings (SSSR count). The number of carbonyl (C=O) groups excluding carboxylic acids is 1. The van der Waals surface area contributed by atoms with Gasteiger partial charge in [-0.05, 0) is 37.1 Å². The van der Waals surface area contributed by atoms with Crippen LogP contribution in [-0.2, 0) is 17.8 Å². The van der Waals surface area contributed by atoms with E-state index in [-0.39, 0.29) is 18.1 Å². The Morgan fingerprint density at radius 2 is 2.00 bits per heavy atom. The van der Waals surface area contributed by atoms with Crippen molar-refractivity contribution in [2.45, 2.75) is 33.2 Å². The van der Waals surface area contributed by atoms with E-state index in [1.165, 1.54) is 17.8 Å². The first-order valence-corrected chi connectivity index (χ1v) is 8.55. The molecule has 1 heterocycles. The maximum absolute atomic E-state index is 13.8. The van der Waals surface area contributed by atoms with Crippen molar-refractivity contribution in [3.05, 3.63) is 77.1 Å². The van der Waals surface area contributed by atoms with E-state index in [0.717, 1.165) is 11.1 Å². The Kier molecular flexibility index (Phi) is 5.46. The van der Waals surface area contributed by atoms with Crippen molar-refractivity contribution in [3.8, 4) is 11.3 Å². The fraction of sp³-hybridized carbons (Fsp3) is 0.238. The lowest BCUT2D eigenvalue weighted by Gasteiger charge is -2.08. The monoisotopic (exact) mass is 352 g/mol. The van der Waals surface area contributed by atoms with Crippen LogP contribution in [0.4, 0.5) is 4.39 Å². The van der Waals surface area contributed by atoms with Crippen LogP contribution in [-0.4, -0.2) is 10.9 Å². The number of aromatic nitrogens is 1. The van der Waals surface area contributed by atoms with Crippen LogP contribution in [0.25, 0.3) is 11.3 Å². The topological polar surface area (TPSA) is 55.1 Å². The van der Waals surface area contributed by atoms with Gasteiger partial charge in [-0.3, -0.25) is 4.79 Å². The van der Waals surface area contributed by atoms with Gasteiger partial charge in [0.15, 0.2) is 11.7 Å². The lowest BCUT2D eigenvalue weighted by atomic mass is 10.1. The van der Waals surface area contributed by atoms with Gasteiger partial charge in [0.05, 0.1) is 11.8 Å². The lowest BCUT2D eigenvalue weighted by molar-refractivity contribution is -0.121. The van der Waals surface area contributed by atoms with Crippen LogP contribution in [0.15, 0.2) is 53.1 Å². The fourth-order valence-corrected chi connectivity index (χ4v) is 2.76. The van der Waals surface area contributed by atoms with E-state index in [2.05, 4.69) is 16.4 Å². The molecule has 0 spiro atoms. The van der Waals surface area contributed by atoms with E-state index in [4.69, 9.17) is 4.42 Å². The molecule has 0 saturated heterocycles. The van der Waals surface area contributed by atoms with Crippen LogP contribution < -0.4 is 5.32 Å². The van der Waals surface area contributed by atoms with Crippen molar-refractivity contribution in [2.75, 3.05) is 0 Å². The lowest BCUT2D eigenvalue weighted by Crippen LogP contribution is -2.23. The van der Waals surface area contributed by atoms with Gasteiger partial charge in [-0.1, -0.05) is 35.9 Å². The minimum Gasteiger partial charge on any atom is -0.441 e. The number of rotatable bonds is 6. The van der Waals surface area contributed by atoms with E-state index >= 15 is 0 Å². The maximum Gasteiger partial charge on any atom is 0.220 e. The zero-order valence-corrected chi connectivity index (χ0v) is 14.9. The number of nitrogens with one attached hydrogen (secondary N) is 1. The Balaban J connectivity index is 1.53. The van der Waals surface area contributed by atoms with Gasteiger partial charge in [-0.25, -0.2) is 9.37 Å². The second-order valence-electron chi connectivity index (χ2n) is 6.30. The molecular formula is C21H21FN2O2. The molecule has 4 nitrogen and oxygen atoms in total. The zero-order valence-electron chi connectivity index (χ0n) is 14.9. The summed E-state index contributed by atoms with van der Waals surface area (Å²) in [6.07, 6.45) is 2.12. The van der Waals surface area contributed by atoms with E-state index in [9.17, 15) is 9.18 Å². The van der Waals surface area contributed by atoms with Gasteiger partial charge in [0.1, 0.15) is 5.82 Å². The fourth-order valence-electron chi connectivity index (χ4n) is 2.76. The molecule has 0 unspecified atom stereocenters. The van der Waals surface area contributed by atoms with E-state index < -0.39 is 0 Å². The van der Waals surface area contributed by atoms with E-state index in [0.29, 0.717) is 30.2 Å². The zero-order chi connectivity index (χ0) is 18.5. The van der Waals surface area contributed by atoms with E-state index in [1.54, 1.807) is 18.2 Å². The first kappa shape index (κ1) is 17.9. The largest absolute Gasteiger partial charge is 0.441 e. The van der Waals surface area contributed by atoms with Crippen molar-refractivity contribution in [1.82, 2.24) is 10.3 Å². The number of benzene rings is 2. The number of halogens is 1. The van der Waals surface area contributed by atoms with Crippen LogP contribution in [0, 0.1) is 19.7 Å². The molecule has 0 saturated carbocycles. The standard InChI is InChI=1S/C21H21FN2O2/c1-14-7-8-16(15(2)11-14)12-23-20(25)9-10-21-24-13-19(26-21)17-5-3-4-6-18(17)22/h3-8,11,13H,9-10,12H2,1-2H3,(H,23,25). The third-order valence-corrected chi connectivity index (χ3v) is 4.23. The SMILES string of the molecule is Cc1ccc(CNC(=O)CCc2ncc(-c3ccccc3F)o2)c(C)c1. The molecular weight excluding hydrogens is 331 g/mol. The molecule has 5 heteroatoms. The highest BCUT2D eigenvalue weighted by Gasteiger charge is 2.12. The summed E-state index contributed by atoms with van der Waals surface area (Å²) in [6, 6.07) is 12.5. The summed E-state index contributed by atoms with van der Waals surface area (Å²) in [5, 5.41) is 2.91. The molecule has 134 valence electrons. The number of carbonyl (C=O) groups is 1. The number of nitrogens with zero attached hydrogens (tertiary/aromatic N) is 1. The third-order valence-electron chi connectivity index (χ3n) is 4.23. The van der Waals surface area contributed by atoms with Gasteiger partial charge in [-0.15, -0.1) is 0 Å². The van der Waals surface area contributed by atoms with Crippen LogP contribution in [0.2, 0.25) is 0 Å². The number of hydrogen-bond donors (Lipinski definition) is 1. The molecule has 1 N–H and O–H groups in total. The highest BCUT2D eigenvalue weighted by atomic mass is 19.1. The van der Waals surface area contributed by atoms with Crippen LogP contribution in [0.3, 0.4) is 0 Å². The molecule has 1 aromatic heterocycles. The van der Waals surface area contributed by atoms with Gasteiger partial charge in [-0.2, -0.15) is 0 Å². The maximum atomic E-state index is 13.8. The van der Waals surface area contributed by atoms with Gasteiger partial charge < -0.3 is 9.73 Å². The van der Waals surface area contributed by atoms with Gasteiger partial charge >= 0.3 is 0 Å². The summed E-state index contributed by atoms with van der Waals surface area (Å²) in [5.74, 6) is 0.357. The molecule has 0 fully saturated rings. The van der Waals surface area contributed by atoms with Crippen molar-refractivity contribution >= 4 is 5.91 Å². The molecule has 0 aliphatic rings. The molecule has 26 heavy (non-hydrogen) atoms. The number of amides is 1. The van der Waals surface area contributed by atoms with Crippen LogP contribution in [0.5, 0.6) is 0 Å². The summed E-state index contributed by atoms with van der Waals surface area (Å²) < 4.78 is 19.3. The average molecular weight is 352 g/mol. The normalized spacial score (nSPS) is 10.7. The van der Waals surface area contributed by atoms with Crippen molar-refractivity contribution in [1.29, 1.82) is 0 Å². The summed E-state index contributed by atoms with van der Waals surface area (Å²) in [5.41, 5.74) is 3.83. The average Bonchev–Trinajstić information content (AvgIpc) is 3.08. The third kappa shape index (κ3) is 4.36. The smallest absolute Gasteiger partial charge is 0.220 e. The summed E-state index contributed by atoms with van der Waals surface area (Å²) >= 11 is 0. The number of oxazole rings is 1. The summed E-state index contributed by atoms with van der Waals surface area (Å²) in [6.45, 7) is 4.57. The Morgan fingerprint density at radius 3 is 2.77 bits per heavy atom. The molecule has 2 aromatic carbocycles. The van der Waals surface area contributed by atoms with E-state index in [1.807, 2.05) is 26.0 Å². The second kappa shape index (κ2) is 7.95. The Labute approximate surface area is 152 Å². The number of hydrogen-bond acceptors (Lipinski definition) is 3. The number of aryl methyl sites for hydroxylation is 3. The van der Waals surface area contributed by atoms with Crippen molar-refractivity contribution in [2.24, 2.45) is 0 Å². The minimum absolute atomic E-state index is 0.0735. The molecule has 3 aromatic rings. The quantitative estimate of drug-likeness (QED) is 0.718. The molecule has 0 aliphatic heterocycles. The highest BCUT2D eigenvalue weighted by Crippen LogP contribution is 2.23. The predicted octanol–water partition coefficient (Wildman–Crippen LogP) is 4.35. The molecule has 0 aliphatic carbocycles. The van der Waals surface area contributed by atoms with Gasteiger partial charge in [0.25, 0.3) is 0 Å². The van der Waals surface area contributed by atoms with Crippen molar-refractivity contribution < 1.29 is 13.6 Å². The van der Waals surface area contributed by atoms with Gasteiger partial charge in [0, 0.05) is 19.4 Å². The summed E-state index contributed by atoms with van der Waals surface area (Å²) in [7, 11) is 0. The minimum atomic E-state index is -0.360. The van der Waals surface area contributed by atoms with Crippen LogP contribution in [0.1, 0.15) is 29.0 Å². The summed E-state index contributed by atoms with van der Waals surface area (Å²) in [4.78, 5) is 16.2. The first-order chi connectivity index (χ1) is 12.5. The second-order valence-corrected chi connectivity index (χ2v) is 6.30. The Hall–Kier alpha value is -2.95. The Bertz CT molecular complexity index is 918. The Morgan fingerprint density at radius 1 is 1.19 bits per heavy atom. The van der Waals surface area contributed by atoms with Crippen LogP contribution >= 0.6 is 0 Å². The van der Waals surface area contributed by atoms with Gasteiger partial charge in [0.2, 0.25) is 5.91 Å². The van der Waals surface area contributed by atoms with Crippen molar-refractivity contribution in [3.63, 3.8) is 0 Å². The molecule has 0 atom stereocenters. The molecule has 1 amide bonds. The molecule has 0 bridgehead atoms.